The average molecular weight is 213 g/mol. The fourth-order valence-corrected chi connectivity index (χ4v) is 2.16. The molecule has 82 valence electrons. The van der Waals surface area contributed by atoms with Crippen molar-refractivity contribution in [3.05, 3.63) is 0 Å². The predicted octanol–water partition coefficient (Wildman–Crippen LogP) is 3.24. The molecule has 0 atom stereocenters. The van der Waals surface area contributed by atoms with Crippen LogP contribution in [0.15, 0.2) is 4.99 Å². The molecule has 0 aromatic carbocycles. The molecule has 1 heterocycles. The molecule has 0 aliphatic carbocycles. The molecule has 0 aromatic heterocycles. The van der Waals surface area contributed by atoms with Gasteiger partial charge < -0.3 is 4.43 Å². The summed E-state index contributed by atoms with van der Waals surface area (Å²) in [7, 11) is -1.55. The van der Waals surface area contributed by atoms with Crippen molar-refractivity contribution in [3.8, 4) is 0 Å². The van der Waals surface area contributed by atoms with Crippen molar-refractivity contribution in [3.63, 3.8) is 0 Å². The summed E-state index contributed by atoms with van der Waals surface area (Å²) >= 11 is 0. The first-order chi connectivity index (χ1) is 6.33. The lowest BCUT2D eigenvalue weighted by molar-refractivity contribution is 0.339. The van der Waals surface area contributed by atoms with Gasteiger partial charge in [-0.05, 0) is 31.0 Å². The molecule has 0 spiro atoms. The Balaban J connectivity index is 2.43. The van der Waals surface area contributed by atoms with Crippen LogP contribution >= 0.6 is 0 Å². The molecule has 0 amide bonds. The van der Waals surface area contributed by atoms with Crippen molar-refractivity contribution in [2.75, 3.05) is 13.2 Å². The van der Waals surface area contributed by atoms with Crippen LogP contribution < -0.4 is 0 Å². The Bertz CT molecular complexity index is 228. The van der Waals surface area contributed by atoms with Crippen LogP contribution in [0, 0.1) is 0 Å². The van der Waals surface area contributed by atoms with E-state index < -0.39 is 8.32 Å². The molecular formula is C11H23NOSi. The van der Waals surface area contributed by atoms with E-state index in [4.69, 9.17) is 4.43 Å². The molecule has 0 saturated heterocycles. The monoisotopic (exact) mass is 213 g/mol. The highest BCUT2D eigenvalue weighted by molar-refractivity contribution is 6.74. The number of rotatable bonds is 3. The Morgan fingerprint density at radius 2 is 2.00 bits per heavy atom. The summed E-state index contributed by atoms with van der Waals surface area (Å²) in [5.74, 6) is 0. The van der Waals surface area contributed by atoms with Crippen LogP contribution in [0.25, 0.3) is 0 Å². The summed E-state index contributed by atoms with van der Waals surface area (Å²) in [5, 5.41) is 0.312. The quantitative estimate of drug-likeness (QED) is 0.660. The molecule has 0 fully saturated rings. The van der Waals surface area contributed by atoms with Crippen molar-refractivity contribution >= 4 is 14.0 Å². The molecule has 3 heteroatoms. The number of aliphatic imine (C=N–C) groups is 1. The van der Waals surface area contributed by atoms with E-state index in [9.17, 15) is 0 Å². The van der Waals surface area contributed by atoms with Gasteiger partial charge in [0.25, 0.3) is 0 Å². The van der Waals surface area contributed by atoms with Gasteiger partial charge in [0, 0.05) is 12.3 Å². The summed E-state index contributed by atoms with van der Waals surface area (Å²) in [6.45, 7) is 13.2. The fourth-order valence-electron chi connectivity index (χ4n) is 1.20. The van der Waals surface area contributed by atoms with Crippen molar-refractivity contribution in [2.45, 2.75) is 51.7 Å². The van der Waals surface area contributed by atoms with Crippen LogP contribution in [-0.4, -0.2) is 27.2 Å². The summed E-state index contributed by atoms with van der Waals surface area (Å²) < 4.78 is 6.09. The Kier molecular flexibility index (Phi) is 3.53. The van der Waals surface area contributed by atoms with E-state index in [2.05, 4.69) is 38.9 Å². The lowest BCUT2D eigenvalue weighted by atomic mass is 10.2. The van der Waals surface area contributed by atoms with E-state index in [-0.39, 0.29) is 0 Å². The summed E-state index contributed by atoms with van der Waals surface area (Å²) in [6.07, 6.45) is 2.37. The third-order valence-corrected chi connectivity index (χ3v) is 7.84. The van der Waals surface area contributed by atoms with Gasteiger partial charge in [0.15, 0.2) is 8.32 Å². The van der Waals surface area contributed by atoms with Crippen LogP contribution in [0.2, 0.25) is 18.1 Å². The van der Waals surface area contributed by atoms with Gasteiger partial charge in [-0.25, -0.2) is 0 Å². The Morgan fingerprint density at radius 3 is 2.43 bits per heavy atom. The fraction of sp³-hybridized carbons (Fsp3) is 0.909. The second-order valence-electron chi connectivity index (χ2n) is 5.60. The van der Waals surface area contributed by atoms with Gasteiger partial charge in [0.1, 0.15) is 0 Å². The highest BCUT2D eigenvalue weighted by atomic mass is 28.4. The maximum atomic E-state index is 6.09. The van der Waals surface area contributed by atoms with Crippen molar-refractivity contribution in [2.24, 2.45) is 4.99 Å². The minimum atomic E-state index is -1.55. The molecule has 1 rings (SSSR count). The first kappa shape index (κ1) is 11.9. The van der Waals surface area contributed by atoms with Gasteiger partial charge in [-0.1, -0.05) is 20.8 Å². The molecule has 0 unspecified atom stereocenters. The number of hydrogen-bond acceptors (Lipinski definition) is 2. The SMILES string of the molecule is CC(C)(C)[Si](C)(C)OCC1=NCCC1. The van der Waals surface area contributed by atoms with E-state index in [1.165, 1.54) is 12.1 Å². The van der Waals surface area contributed by atoms with Gasteiger partial charge in [0.2, 0.25) is 0 Å². The van der Waals surface area contributed by atoms with Crippen molar-refractivity contribution < 1.29 is 4.43 Å². The highest BCUT2D eigenvalue weighted by Gasteiger charge is 2.37. The first-order valence-corrected chi connectivity index (χ1v) is 8.40. The van der Waals surface area contributed by atoms with Crippen LogP contribution in [0.5, 0.6) is 0 Å². The molecule has 0 radical (unpaired) electrons. The zero-order valence-electron chi connectivity index (χ0n) is 10.2. The van der Waals surface area contributed by atoms with Crippen LogP contribution in [-0.2, 0) is 4.43 Å². The van der Waals surface area contributed by atoms with Gasteiger partial charge >= 0.3 is 0 Å². The summed E-state index contributed by atoms with van der Waals surface area (Å²) in [6, 6.07) is 0. The second-order valence-corrected chi connectivity index (χ2v) is 10.4. The van der Waals surface area contributed by atoms with Gasteiger partial charge in [-0.15, -0.1) is 0 Å². The standard InChI is InChI=1S/C11H23NOSi/c1-11(2,3)14(4,5)13-9-10-7-6-8-12-10/h6-9H2,1-5H3. The molecular weight excluding hydrogens is 190 g/mol. The Labute approximate surface area is 88.9 Å². The zero-order chi connectivity index (χ0) is 10.8. The molecule has 2 nitrogen and oxygen atoms in total. The zero-order valence-corrected chi connectivity index (χ0v) is 11.2. The van der Waals surface area contributed by atoms with Crippen molar-refractivity contribution in [1.82, 2.24) is 0 Å². The van der Waals surface area contributed by atoms with Crippen LogP contribution in [0.4, 0.5) is 0 Å². The molecule has 0 aromatic rings. The lowest BCUT2D eigenvalue weighted by Crippen LogP contribution is -2.41. The van der Waals surface area contributed by atoms with E-state index in [1.807, 2.05) is 0 Å². The lowest BCUT2D eigenvalue weighted by Gasteiger charge is -2.36. The third kappa shape index (κ3) is 2.92. The highest BCUT2D eigenvalue weighted by Crippen LogP contribution is 2.36. The summed E-state index contributed by atoms with van der Waals surface area (Å²) in [5.41, 5.74) is 1.27. The molecule has 1 aliphatic heterocycles. The maximum Gasteiger partial charge on any atom is 0.192 e. The first-order valence-electron chi connectivity index (χ1n) is 5.49. The maximum absolute atomic E-state index is 6.09. The van der Waals surface area contributed by atoms with Crippen LogP contribution in [0.1, 0.15) is 33.6 Å². The van der Waals surface area contributed by atoms with Gasteiger partial charge in [0.05, 0.1) is 6.61 Å². The average Bonchev–Trinajstić information content (AvgIpc) is 2.50. The summed E-state index contributed by atoms with van der Waals surface area (Å²) in [4.78, 5) is 4.43. The Morgan fingerprint density at radius 1 is 1.36 bits per heavy atom. The number of hydrogen-bond donors (Lipinski definition) is 0. The molecule has 14 heavy (non-hydrogen) atoms. The minimum absolute atomic E-state index is 0.312. The molecule has 0 saturated carbocycles. The van der Waals surface area contributed by atoms with E-state index in [1.54, 1.807) is 0 Å². The van der Waals surface area contributed by atoms with E-state index in [0.717, 1.165) is 19.6 Å². The third-order valence-electron chi connectivity index (χ3n) is 3.36. The van der Waals surface area contributed by atoms with E-state index >= 15 is 0 Å². The smallest absolute Gasteiger partial charge is 0.192 e. The Hall–Kier alpha value is -0.153. The molecule has 1 aliphatic rings. The van der Waals surface area contributed by atoms with Gasteiger partial charge in [-0.2, -0.15) is 0 Å². The topological polar surface area (TPSA) is 21.6 Å². The second kappa shape index (κ2) is 4.15. The normalized spacial score (nSPS) is 18.5. The molecule has 0 N–H and O–H groups in total. The van der Waals surface area contributed by atoms with Crippen molar-refractivity contribution in [1.29, 1.82) is 0 Å². The largest absolute Gasteiger partial charge is 0.411 e. The van der Waals surface area contributed by atoms with Crippen LogP contribution in [0.3, 0.4) is 0 Å². The number of nitrogens with zero attached hydrogens (tertiary/aromatic N) is 1. The van der Waals surface area contributed by atoms with E-state index in [0.29, 0.717) is 5.04 Å². The van der Waals surface area contributed by atoms with Gasteiger partial charge in [-0.3, -0.25) is 4.99 Å². The minimum Gasteiger partial charge on any atom is -0.411 e. The molecule has 0 bridgehead atoms. The predicted molar refractivity (Wildman–Crippen MR) is 64.7 cm³/mol.